The third-order valence-corrected chi connectivity index (χ3v) is 5.58. The molecule has 5 heteroatoms. The molecule has 0 N–H and O–H groups in total. The number of carbonyl (C=O) groups excluding carboxylic acids is 2. The quantitative estimate of drug-likeness (QED) is 0.393. The van der Waals surface area contributed by atoms with Crippen molar-refractivity contribution in [2.45, 2.75) is 24.8 Å². The van der Waals surface area contributed by atoms with E-state index >= 15 is 0 Å². The molecule has 2 aromatic carbocycles. The summed E-state index contributed by atoms with van der Waals surface area (Å²) in [5.41, 5.74) is 2.93. The van der Waals surface area contributed by atoms with E-state index in [1.807, 2.05) is 18.2 Å². The van der Waals surface area contributed by atoms with Gasteiger partial charge in [0.25, 0.3) is 0 Å². The van der Waals surface area contributed by atoms with Crippen LogP contribution in [-0.4, -0.2) is 22.1 Å². The lowest BCUT2D eigenvalue weighted by molar-refractivity contribution is -0.128. The zero-order valence-corrected chi connectivity index (χ0v) is 14.7. The molecule has 25 heavy (non-hydrogen) atoms. The molecule has 4 rings (SSSR count). The predicted molar refractivity (Wildman–Crippen MR) is 101 cm³/mol. The molecule has 0 radical (unpaired) electrons. The second kappa shape index (κ2) is 6.08. The van der Waals surface area contributed by atoms with E-state index in [1.165, 1.54) is 0 Å². The number of ketones is 1. The Labute approximate surface area is 149 Å². The van der Waals surface area contributed by atoms with Gasteiger partial charge in [0.1, 0.15) is 5.75 Å². The number of esters is 1. The topological polar surface area (TPSA) is 48.3 Å². The van der Waals surface area contributed by atoms with E-state index in [-0.39, 0.29) is 5.78 Å². The van der Waals surface area contributed by atoms with Gasteiger partial charge in [-0.3, -0.25) is 4.79 Å². The van der Waals surface area contributed by atoms with Gasteiger partial charge in [-0.25, -0.2) is 4.79 Å². The Morgan fingerprint density at radius 2 is 2.08 bits per heavy atom. The molecule has 2 heterocycles. The second-order valence-corrected chi connectivity index (χ2v) is 7.07. The summed E-state index contributed by atoms with van der Waals surface area (Å²) in [6.45, 7) is 6.31. The standard InChI is InChI=1S/C20H17NO3S/c1-3-20(23)24-12-5-6-16-13(9-12)14-11-19-15(18(22)7-8-25-19)10-17(14)21(16)4-2/h3,5-6,9-11H,1,4,7-8H2,2H3. The first-order valence-corrected chi connectivity index (χ1v) is 9.21. The number of Topliss-reactive ketones (excluding diaryl/α,β-unsaturated/α-hetero) is 1. The minimum atomic E-state index is -0.475. The molecule has 0 saturated heterocycles. The zero-order chi connectivity index (χ0) is 17.6. The Hall–Kier alpha value is -2.53. The molecule has 4 nitrogen and oxygen atoms in total. The van der Waals surface area contributed by atoms with Crippen molar-refractivity contribution in [2.24, 2.45) is 0 Å². The summed E-state index contributed by atoms with van der Waals surface area (Å²) >= 11 is 1.72. The molecule has 0 amide bonds. The summed E-state index contributed by atoms with van der Waals surface area (Å²) in [4.78, 5) is 24.8. The van der Waals surface area contributed by atoms with Crippen LogP contribution in [0.25, 0.3) is 21.8 Å². The average Bonchev–Trinajstić information content (AvgIpc) is 2.92. The van der Waals surface area contributed by atoms with E-state index < -0.39 is 5.97 Å². The number of hydrogen-bond donors (Lipinski definition) is 0. The number of carbonyl (C=O) groups is 2. The molecular formula is C20H17NO3S. The number of nitrogens with zero attached hydrogens (tertiary/aromatic N) is 1. The Morgan fingerprint density at radius 3 is 2.84 bits per heavy atom. The first-order chi connectivity index (χ1) is 12.1. The largest absolute Gasteiger partial charge is 0.423 e. The Morgan fingerprint density at radius 1 is 1.28 bits per heavy atom. The van der Waals surface area contributed by atoms with Crippen LogP contribution in [0.2, 0.25) is 0 Å². The summed E-state index contributed by atoms with van der Waals surface area (Å²) in [6.07, 6.45) is 1.75. The van der Waals surface area contributed by atoms with Gasteiger partial charge in [-0.1, -0.05) is 6.58 Å². The highest BCUT2D eigenvalue weighted by molar-refractivity contribution is 7.99. The molecule has 0 spiro atoms. The van der Waals surface area contributed by atoms with Gasteiger partial charge in [-0.05, 0) is 37.3 Å². The number of fused-ring (bicyclic) bond motifs is 4. The van der Waals surface area contributed by atoms with Crippen LogP contribution in [0.5, 0.6) is 5.75 Å². The van der Waals surface area contributed by atoms with Gasteiger partial charge in [-0.15, -0.1) is 11.8 Å². The SMILES string of the molecule is C=CC(=O)Oc1ccc2c(c1)c1cc3c(cc1n2CC)C(=O)CCS3. The van der Waals surface area contributed by atoms with Crippen LogP contribution in [0, 0.1) is 0 Å². The van der Waals surface area contributed by atoms with Crippen LogP contribution in [0.3, 0.4) is 0 Å². The normalized spacial score (nSPS) is 13.9. The second-order valence-electron chi connectivity index (χ2n) is 5.94. The third kappa shape index (κ3) is 2.55. The Bertz CT molecular complexity index is 1050. The maximum atomic E-state index is 12.3. The minimum absolute atomic E-state index is 0.212. The number of aryl methyl sites for hydroxylation is 1. The van der Waals surface area contributed by atoms with Crippen LogP contribution in [0.4, 0.5) is 0 Å². The molecule has 126 valence electrons. The van der Waals surface area contributed by atoms with Gasteiger partial charge < -0.3 is 9.30 Å². The van der Waals surface area contributed by atoms with Crippen molar-refractivity contribution in [1.29, 1.82) is 0 Å². The fraction of sp³-hybridized carbons (Fsp3) is 0.200. The smallest absolute Gasteiger partial charge is 0.335 e. The highest BCUT2D eigenvalue weighted by Gasteiger charge is 2.21. The minimum Gasteiger partial charge on any atom is -0.423 e. The van der Waals surface area contributed by atoms with E-state index in [2.05, 4.69) is 24.1 Å². The maximum Gasteiger partial charge on any atom is 0.335 e. The number of ether oxygens (including phenoxy) is 1. The highest BCUT2D eigenvalue weighted by Crippen LogP contribution is 2.38. The van der Waals surface area contributed by atoms with Crippen LogP contribution in [0.15, 0.2) is 47.9 Å². The number of thioether (sulfide) groups is 1. The van der Waals surface area contributed by atoms with Crippen LogP contribution >= 0.6 is 11.8 Å². The first kappa shape index (κ1) is 16.0. The Kier molecular flexibility index (Phi) is 3.88. The maximum absolute atomic E-state index is 12.3. The van der Waals surface area contributed by atoms with Crippen molar-refractivity contribution in [3.05, 3.63) is 48.6 Å². The Balaban J connectivity index is 1.99. The van der Waals surface area contributed by atoms with E-state index in [4.69, 9.17) is 4.74 Å². The van der Waals surface area contributed by atoms with Gasteiger partial charge in [0, 0.05) is 57.1 Å². The van der Waals surface area contributed by atoms with E-state index in [1.54, 1.807) is 17.8 Å². The fourth-order valence-electron chi connectivity index (χ4n) is 3.39. The number of hydrogen-bond acceptors (Lipinski definition) is 4. The average molecular weight is 351 g/mol. The third-order valence-electron chi connectivity index (χ3n) is 4.53. The van der Waals surface area contributed by atoms with Crippen molar-refractivity contribution in [3.8, 4) is 5.75 Å². The molecule has 1 aliphatic heterocycles. The van der Waals surface area contributed by atoms with Gasteiger partial charge in [-0.2, -0.15) is 0 Å². The summed E-state index contributed by atoms with van der Waals surface area (Å²) in [6, 6.07) is 9.73. The fourth-order valence-corrected chi connectivity index (χ4v) is 4.43. The number of aromatic nitrogens is 1. The van der Waals surface area contributed by atoms with Crippen molar-refractivity contribution < 1.29 is 14.3 Å². The lowest BCUT2D eigenvalue weighted by atomic mass is 10.0. The lowest BCUT2D eigenvalue weighted by Gasteiger charge is -2.14. The lowest BCUT2D eigenvalue weighted by Crippen LogP contribution is -2.08. The molecule has 3 aromatic rings. The van der Waals surface area contributed by atoms with Gasteiger partial charge in [0.05, 0.1) is 0 Å². The van der Waals surface area contributed by atoms with Gasteiger partial charge in [0.15, 0.2) is 5.78 Å². The van der Waals surface area contributed by atoms with E-state index in [0.717, 1.165) is 50.6 Å². The molecule has 0 bridgehead atoms. The molecule has 1 aliphatic rings. The number of rotatable bonds is 3. The first-order valence-electron chi connectivity index (χ1n) is 8.22. The van der Waals surface area contributed by atoms with Crippen molar-refractivity contribution >= 4 is 45.3 Å². The molecule has 0 aliphatic carbocycles. The van der Waals surface area contributed by atoms with Crippen LogP contribution in [0.1, 0.15) is 23.7 Å². The van der Waals surface area contributed by atoms with Crippen molar-refractivity contribution in [1.82, 2.24) is 4.57 Å². The summed E-state index contributed by atoms with van der Waals surface area (Å²) in [5.74, 6) is 1.06. The van der Waals surface area contributed by atoms with Crippen molar-refractivity contribution in [3.63, 3.8) is 0 Å². The summed E-state index contributed by atoms with van der Waals surface area (Å²) in [5, 5.41) is 2.10. The highest BCUT2D eigenvalue weighted by atomic mass is 32.2. The molecule has 0 unspecified atom stereocenters. The predicted octanol–water partition coefficient (Wildman–Crippen LogP) is 4.58. The van der Waals surface area contributed by atoms with Crippen LogP contribution in [-0.2, 0) is 11.3 Å². The van der Waals surface area contributed by atoms with Crippen molar-refractivity contribution in [2.75, 3.05) is 5.75 Å². The summed E-state index contributed by atoms with van der Waals surface area (Å²) < 4.78 is 7.46. The van der Waals surface area contributed by atoms with Gasteiger partial charge in [0.2, 0.25) is 0 Å². The zero-order valence-electron chi connectivity index (χ0n) is 13.9. The van der Waals surface area contributed by atoms with Crippen LogP contribution < -0.4 is 4.74 Å². The van der Waals surface area contributed by atoms with E-state index in [9.17, 15) is 9.59 Å². The molecule has 1 aromatic heterocycles. The molecular weight excluding hydrogens is 334 g/mol. The summed E-state index contributed by atoms with van der Waals surface area (Å²) in [7, 11) is 0. The monoisotopic (exact) mass is 351 g/mol. The molecule has 0 atom stereocenters. The molecule has 0 saturated carbocycles. The number of benzene rings is 2. The van der Waals surface area contributed by atoms with Gasteiger partial charge >= 0.3 is 5.97 Å². The molecule has 0 fully saturated rings. The van der Waals surface area contributed by atoms with E-state index in [0.29, 0.717) is 12.2 Å².